The van der Waals surface area contributed by atoms with Crippen LogP contribution in [0.2, 0.25) is 0 Å². The molecule has 0 unspecified atom stereocenters. The lowest BCUT2D eigenvalue weighted by Crippen LogP contribution is -2.10. The number of thiophene rings is 1. The van der Waals surface area contributed by atoms with Crippen molar-refractivity contribution in [2.24, 2.45) is 0 Å². The Labute approximate surface area is 106 Å². The summed E-state index contributed by atoms with van der Waals surface area (Å²) in [5.41, 5.74) is 1.54. The maximum absolute atomic E-state index is 11.3. The smallest absolute Gasteiger partial charge is 0.348 e. The number of aromatic amines is 1. The highest BCUT2D eigenvalue weighted by molar-refractivity contribution is 7.10. The normalized spacial score (nSPS) is 10.9. The fourth-order valence-corrected chi connectivity index (χ4v) is 2.51. The standard InChI is InChI=1S/C11H11N5OS/c1-7-2-3-18-8(7)5-12-9-4-10-14-15-11(17)16(10)6-13-9/h2-4,6,12H,5H2,1H3,(H,15,17). The van der Waals surface area contributed by atoms with Crippen molar-refractivity contribution in [2.75, 3.05) is 5.32 Å². The second kappa shape index (κ2) is 4.26. The van der Waals surface area contributed by atoms with Crippen LogP contribution in [0.5, 0.6) is 0 Å². The zero-order valence-electron chi connectivity index (χ0n) is 9.67. The van der Waals surface area contributed by atoms with Crippen LogP contribution in [-0.4, -0.2) is 19.6 Å². The molecule has 0 saturated carbocycles. The molecule has 0 aliphatic rings. The number of hydrogen-bond donors (Lipinski definition) is 2. The van der Waals surface area contributed by atoms with Gasteiger partial charge in [0.05, 0.1) is 6.54 Å². The number of fused-ring (bicyclic) bond motifs is 1. The molecule has 0 fully saturated rings. The lowest BCUT2D eigenvalue weighted by Gasteiger charge is -2.04. The maximum Gasteiger partial charge on any atom is 0.348 e. The van der Waals surface area contributed by atoms with Crippen molar-refractivity contribution in [1.29, 1.82) is 0 Å². The highest BCUT2D eigenvalue weighted by Gasteiger charge is 2.03. The average Bonchev–Trinajstić information content (AvgIpc) is 2.94. The van der Waals surface area contributed by atoms with E-state index in [2.05, 4.69) is 38.9 Å². The molecule has 2 N–H and O–H groups in total. The quantitative estimate of drug-likeness (QED) is 0.747. The Hall–Kier alpha value is -2.15. The van der Waals surface area contributed by atoms with E-state index in [0.717, 1.165) is 6.54 Å². The number of anilines is 1. The zero-order valence-corrected chi connectivity index (χ0v) is 10.5. The molecule has 3 aromatic rings. The molecule has 18 heavy (non-hydrogen) atoms. The Morgan fingerprint density at radius 3 is 3.22 bits per heavy atom. The van der Waals surface area contributed by atoms with Gasteiger partial charge in [-0.2, -0.15) is 5.10 Å². The molecule has 0 aliphatic carbocycles. The van der Waals surface area contributed by atoms with Gasteiger partial charge in [-0.1, -0.05) is 0 Å². The lowest BCUT2D eigenvalue weighted by molar-refractivity contribution is 0.991. The van der Waals surface area contributed by atoms with Crippen LogP contribution in [0.25, 0.3) is 5.65 Å². The summed E-state index contributed by atoms with van der Waals surface area (Å²) in [6, 6.07) is 3.83. The van der Waals surface area contributed by atoms with Crippen molar-refractivity contribution in [3.05, 3.63) is 44.8 Å². The minimum atomic E-state index is -0.279. The number of nitrogens with one attached hydrogen (secondary N) is 2. The monoisotopic (exact) mass is 261 g/mol. The summed E-state index contributed by atoms with van der Waals surface area (Å²) in [7, 11) is 0. The SMILES string of the molecule is Cc1ccsc1CNc1cc2n[nH]c(=O)n2cn1. The molecular weight excluding hydrogens is 250 g/mol. The van der Waals surface area contributed by atoms with Gasteiger partial charge in [0.1, 0.15) is 12.1 Å². The molecule has 0 aromatic carbocycles. The lowest BCUT2D eigenvalue weighted by atomic mass is 10.3. The first-order chi connectivity index (χ1) is 8.74. The molecule has 0 aliphatic heterocycles. The van der Waals surface area contributed by atoms with E-state index >= 15 is 0 Å². The van der Waals surface area contributed by atoms with Crippen molar-refractivity contribution in [2.45, 2.75) is 13.5 Å². The van der Waals surface area contributed by atoms with E-state index in [-0.39, 0.29) is 5.69 Å². The van der Waals surface area contributed by atoms with E-state index < -0.39 is 0 Å². The number of aryl methyl sites for hydroxylation is 1. The number of hydrogen-bond acceptors (Lipinski definition) is 5. The molecule has 3 heterocycles. The summed E-state index contributed by atoms with van der Waals surface area (Å²) < 4.78 is 1.36. The van der Waals surface area contributed by atoms with Gasteiger partial charge in [-0.15, -0.1) is 11.3 Å². The van der Waals surface area contributed by atoms with Gasteiger partial charge in [0.2, 0.25) is 0 Å². The number of rotatable bonds is 3. The molecule has 0 atom stereocenters. The highest BCUT2D eigenvalue weighted by Crippen LogP contribution is 2.17. The minimum Gasteiger partial charge on any atom is -0.365 e. The van der Waals surface area contributed by atoms with Crippen molar-refractivity contribution in [3.8, 4) is 0 Å². The van der Waals surface area contributed by atoms with Crippen molar-refractivity contribution >= 4 is 22.8 Å². The predicted octanol–water partition coefficient (Wildman–Crippen LogP) is 1.40. The number of aromatic nitrogens is 4. The van der Waals surface area contributed by atoms with Crippen molar-refractivity contribution in [1.82, 2.24) is 19.6 Å². The van der Waals surface area contributed by atoms with Crippen LogP contribution in [0.4, 0.5) is 5.82 Å². The van der Waals surface area contributed by atoms with Gasteiger partial charge in [-0.3, -0.25) is 0 Å². The average molecular weight is 261 g/mol. The van der Waals surface area contributed by atoms with E-state index in [9.17, 15) is 4.79 Å². The minimum absolute atomic E-state index is 0.279. The van der Waals surface area contributed by atoms with Crippen LogP contribution < -0.4 is 11.0 Å². The second-order valence-electron chi connectivity index (χ2n) is 3.91. The van der Waals surface area contributed by atoms with E-state index in [1.165, 1.54) is 21.2 Å². The summed E-state index contributed by atoms with van der Waals surface area (Å²) in [5.74, 6) is 0.703. The fourth-order valence-electron chi connectivity index (χ4n) is 1.66. The van der Waals surface area contributed by atoms with Crippen LogP contribution in [0.1, 0.15) is 10.4 Å². The van der Waals surface area contributed by atoms with Gasteiger partial charge in [0.25, 0.3) is 0 Å². The van der Waals surface area contributed by atoms with Crippen LogP contribution in [0, 0.1) is 6.92 Å². The molecule has 0 radical (unpaired) electrons. The van der Waals surface area contributed by atoms with Crippen LogP contribution in [-0.2, 0) is 6.54 Å². The molecule has 0 bridgehead atoms. The molecule has 0 spiro atoms. The molecule has 7 heteroatoms. The van der Waals surface area contributed by atoms with Gasteiger partial charge in [0.15, 0.2) is 5.65 Å². The topological polar surface area (TPSA) is 75.1 Å². The van der Waals surface area contributed by atoms with Crippen LogP contribution in [0.15, 0.2) is 28.6 Å². The van der Waals surface area contributed by atoms with E-state index in [4.69, 9.17) is 0 Å². The summed E-state index contributed by atoms with van der Waals surface area (Å²) >= 11 is 1.71. The Morgan fingerprint density at radius 1 is 1.56 bits per heavy atom. The summed E-state index contributed by atoms with van der Waals surface area (Å²) in [4.78, 5) is 16.7. The number of nitrogens with zero attached hydrogens (tertiary/aromatic N) is 3. The molecule has 92 valence electrons. The second-order valence-corrected chi connectivity index (χ2v) is 4.91. The fraction of sp³-hybridized carbons (Fsp3) is 0.182. The summed E-state index contributed by atoms with van der Waals surface area (Å²) in [5, 5.41) is 11.5. The summed E-state index contributed by atoms with van der Waals surface area (Å²) in [6.07, 6.45) is 1.46. The van der Waals surface area contributed by atoms with E-state index in [0.29, 0.717) is 11.5 Å². The first-order valence-electron chi connectivity index (χ1n) is 5.43. The van der Waals surface area contributed by atoms with Crippen LogP contribution in [0.3, 0.4) is 0 Å². The molecule has 6 nitrogen and oxygen atoms in total. The Bertz CT molecular complexity index is 741. The zero-order chi connectivity index (χ0) is 12.5. The maximum atomic E-state index is 11.3. The molecule has 0 amide bonds. The first kappa shape index (κ1) is 11.0. The van der Waals surface area contributed by atoms with Crippen molar-refractivity contribution in [3.63, 3.8) is 0 Å². The molecule has 0 saturated heterocycles. The first-order valence-corrected chi connectivity index (χ1v) is 6.31. The van der Waals surface area contributed by atoms with Gasteiger partial charge in [-0.05, 0) is 23.9 Å². The molecular formula is C11H11N5OS. The number of H-pyrrole nitrogens is 1. The summed E-state index contributed by atoms with van der Waals surface area (Å²) in [6.45, 7) is 2.80. The third-order valence-electron chi connectivity index (χ3n) is 2.71. The highest BCUT2D eigenvalue weighted by atomic mass is 32.1. The third-order valence-corrected chi connectivity index (χ3v) is 3.73. The van der Waals surface area contributed by atoms with E-state index in [1.54, 1.807) is 17.4 Å². The Morgan fingerprint density at radius 2 is 2.44 bits per heavy atom. The molecule has 3 aromatic heterocycles. The van der Waals surface area contributed by atoms with E-state index in [1.807, 2.05) is 0 Å². The third kappa shape index (κ3) is 1.88. The van der Waals surface area contributed by atoms with Gasteiger partial charge >= 0.3 is 5.69 Å². The van der Waals surface area contributed by atoms with Gasteiger partial charge in [0, 0.05) is 10.9 Å². The van der Waals surface area contributed by atoms with Gasteiger partial charge in [-0.25, -0.2) is 19.3 Å². The van der Waals surface area contributed by atoms with Crippen LogP contribution >= 0.6 is 11.3 Å². The Kier molecular flexibility index (Phi) is 2.60. The molecule has 3 rings (SSSR count). The van der Waals surface area contributed by atoms with Gasteiger partial charge < -0.3 is 5.32 Å². The Balaban J connectivity index is 1.83. The van der Waals surface area contributed by atoms with Crippen molar-refractivity contribution < 1.29 is 0 Å². The predicted molar refractivity (Wildman–Crippen MR) is 70.0 cm³/mol. The largest absolute Gasteiger partial charge is 0.365 e.